The number of nitrogens with zero attached hydrogens (tertiary/aromatic N) is 10. The number of aryl methyl sites for hydroxylation is 6. The molecule has 4 aliphatic rings. The van der Waals surface area contributed by atoms with E-state index in [4.69, 9.17) is 64.8 Å². The largest absolute Gasteiger partial charge is 0.496 e. The Balaban J connectivity index is 0.000000177. The first-order valence-corrected chi connectivity index (χ1v) is 32.7. The molecule has 16 rings (SSSR count). The third-order valence-corrected chi connectivity index (χ3v) is 18.5. The predicted molar refractivity (Wildman–Crippen MR) is 388 cm³/mol. The maximum Gasteiger partial charge on any atom is 0.298 e. The van der Waals surface area contributed by atoms with Crippen LogP contribution in [-0.2, 0) is 14.3 Å². The molecule has 0 unspecified atom stereocenters. The van der Waals surface area contributed by atoms with Gasteiger partial charge in [-0.2, -0.15) is 0 Å². The van der Waals surface area contributed by atoms with Gasteiger partial charge in [0.2, 0.25) is 0 Å². The first-order chi connectivity index (χ1) is 47.7. The lowest BCUT2D eigenvalue weighted by Gasteiger charge is -2.41. The summed E-state index contributed by atoms with van der Waals surface area (Å²) in [6.07, 6.45) is 7.57. The molecule has 12 heterocycles. The molecule has 99 heavy (non-hydrogen) atoms. The fraction of sp³-hybridized carbons (Fsp3) is 0.378. The van der Waals surface area contributed by atoms with E-state index in [1.807, 2.05) is 116 Å². The molecule has 4 saturated heterocycles. The van der Waals surface area contributed by atoms with E-state index in [0.29, 0.717) is 87.1 Å². The number of rotatable bonds is 12. The van der Waals surface area contributed by atoms with Crippen LogP contribution in [0, 0.1) is 41.5 Å². The molecule has 24 nitrogen and oxygen atoms in total. The van der Waals surface area contributed by atoms with Crippen LogP contribution in [0.3, 0.4) is 0 Å². The fourth-order valence-electron chi connectivity index (χ4n) is 13.6. The lowest BCUT2D eigenvalue weighted by Crippen LogP contribution is -2.54. The van der Waals surface area contributed by atoms with Gasteiger partial charge < -0.3 is 58.8 Å². The monoisotopic (exact) mass is 1350 g/mol. The number of piperidine rings is 2. The average molecular weight is 1350 g/mol. The lowest BCUT2D eigenvalue weighted by molar-refractivity contribution is -0.120. The molecular formula is C74H88BN14O10. The Labute approximate surface area is 577 Å². The number of carbonyl (C=O) groups is 2. The van der Waals surface area contributed by atoms with Crippen LogP contribution >= 0.6 is 0 Å². The van der Waals surface area contributed by atoms with Gasteiger partial charge in [0, 0.05) is 107 Å². The highest BCUT2D eigenvalue weighted by atomic mass is 16.5. The van der Waals surface area contributed by atoms with Crippen molar-refractivity contribution in [2.24, 2.45) is 5.73 Å². The molecule has 1 radical (unpaired) electrons. The molecule has 0 bridgehead atoms. The summed E-state index contributed by atoms with van der Waals surface area (Å²) in [7, 11) is 3.55. The van der Waals surface area contributed by atoms with E-state index in [2.05, 4.69) is 51.4 Å². The number of hydrogen-bond acceptors (Lipinski definition) is 21. The SMILES string of the molecule is C.C.CC.COc1cc2c(cc1-c1c(C)noc1C)[nH]c1nc(C)nc(-c3ccc(C(=O)NC4CCN(C5COC5)CC4)c4ncccc34)c12.COc1cc2c(cc1-c1c(C)noc1C)[nH]c1nc(C)nc(-c3ccc(OC=O)c4ncccc34)c12.NC1CCN(C2COC2)CC1.[3H][B]O. The van der Waals surface area contributed by atoms with Crippen LogP contribution in [0.1, 0.15) is 99.3 Å². The van der Waals surface area contributed by atoms with Crippen molar-refractivity contribution in [1.29, 1.82) is 1.34 Å². The molecule has 0 saturated carbocycles. The van der Waals surface area contributed by atoms with E-state index < -0.39 is 0 Å². The third-order valence-electron chi connectivity index (χ3n) is 18.5. The van der Waals surface area contributed by atoms with Gasteiger partial charge in [-0.05, 0) is 122 Å². The Morgan fingerprint density at radius 1 is 0.636 bits per heavy atom. The number of nitrogens with two attached hydrogens (primary N) is 1. The van der Waals surface area contributed by atoms with Crippen molar-refractivity contribution in [1.82, 2.24) is 65.3 Å². The molecule has 0 aliphatic carbocycles. The number of carbonyl (C=O) groups excluding carboxylic acids is 2. The van der Waals surface area contributed by atoms with E-state index in [9.17, 15) is 9.59 Å². The normalized spacial score (nSPS) is 15.3. The molecular weight excluding hydrogens is 1260 g/mol. The van der Waals surface area contributed by atoms with Gasteiger partial charge in [0.1, 0.15) is 51.5 Å². The molecule has 1 amide bonds. The highest BCUT2D eigenvalue weighted by Crippen LogP contribution is 2.45. The Morgan fingerprint density at radius 2 is 1.09 bits per heavy atom. The Hall–Kier alpha value is -9.76. The van der Waals surface area contributed by atoms with Crippen molar-refractivity contribution in [3.63, 3.8) is 0 Å². The van der Waals surface area contributed by atoms with Gasteiger partial charge in [0.05, 0.1) is 108 Å². The van der Waals surface area contributed by atoms with Crippen molar-refractivity contribution < 1.29 is 47.3 Å². The molecule has 517 valence electrons. The van der Waals surface area contributed by atoms with Crippen LogP contribution in [0.5, 0.6) is 17.2 Å². The van der Waals surface area contributed by atoms with Crippen LogP contribution in [0.15, 0.2) is 94.2 Å². The standard InChI is InChI=1S/C35H35N7O4.C27H21N5O4.C8H16N2O.C2H6.2CH4.BH2O/c1-18-30(19(2)46-41-18)27-14-28-26(15-29(27)44-4)31-33(37-20(3)38-34(31)40-28)24-7-8-25(32-23(24)6-5-11-36-32)35(43)39-21-9-12-42(13-10-21)22-16-45-17-22;1-13-23(14(2)36-32-13)19-10-20-18(11-22(19)34-4)24-26(29-15(3)30-27(24)31-20)17-7-8-21(35-12-33)25-16(17)6-5-9-28-25;9-7-1-3-10(4-2-7)8-5-11-6-8;1-2;;;1-2/h5-8,11,14-15,21-22H,9-10,12-13,16-17H2,1-4H3,(H,39,43)(H,37,38,40);5-12H,1-4H3,(H,29,30,31);7-8H,1-6,9H2;1-2H3;2*1H4;1-2H/i;;;;;;1T. The minimum atomic E-state index is -0.103. The number of ether oxygens (including phenoxy) is 5. The summed E-state index contributed by atoms with van der Waals surface area (Å²) in [6.45, 7) is 23.5. The van der Waals surface area contributed by atoms with Crippen molar-refractivity contribution in [2.45, 2.75) is 120 Å². The van der Waals surface area contributed by atoms with E-state index >= 15 is 0 Å². The number of methoxy groups -OCH3 is 2. The molecule has 6 N–H and O–H groups in total. The number of likely N-dealkylation sites (tertiary alicyclic amines) is 2. The predicted octanol–water partition coefficient (Wildman–Crippen LogP) is 11.9. The summed E-state index contributed by atoms with van der Waals surface area (Å²) in [4.78, 5) is 65.1. The first-order valence-electron chi connectivity index (χ1n) is 33.3. The number of nitrogens with one attached hydrogen (secondary N) is 3. The van der Waals surface area contributed by atoms with Gasteiger partial charge in [-0.1, -0.05) is 57.2 Å². The summed E-state index contributed by atoms with van der Waals surface area (Å²) in [5.74, 6) is 4.35. The molecule has 4 aromatic carbocycles. The van der Waals surface area contributed by atoms with Crippen LogP contribution in [-0.4, -0.2) is 178 Å². The minimum absolute atomic E-state index is 0. The zero-order chi connectivity index (χ0) is 68.9. The molecule has 25 heteroatoms. The number of H-pyrrole nitrogens is 2. The number of hydrogen-bond donors (Lipinski definition) is 5. The van der Waals surface area contributed by atoms with Gasteiger partial charge in [-0.25, -0.2) is 19.9 Å². The minimum Gasteiger partial charge on any atom is -0.496 e. The molecule has 0 spiro atoms. The molecule has 0 atom stereocenters. The number of pyridine rings is 2. The second kappa shape index (κ2) is 31.4. The number of amides is 1. The number of fused-ring (bicyclic) bond motifs is 8. The van der Waals surface area contributed by atoms with Crippen LogP contribution in [0.4, 0.5) is 0 Å². The van der Waals surface area contributed by atoms with E-state index in [1.165, 1.54) is 13.1 Å². The van der Waals surface area contributed by atoms with Crippen LogP contribution in [0.25, 0.3) is 110 Å². The Bertz CT molecular complexity index is 4840. The smallest absolute Gasteiger partial charge is 0.298 e. The van der Waals surface area contributed by atoms with Gasteiger partial charge in [0.15, 0.2) is 5.75 Å². The third kappa shape index (κ3) is 14.2. The maximum absolute atomic E-state index is 13.7. The summed E-state index contributed by atoms with van der Waals surface area (Å²) in [6, 6.07) is 25.0. The fourth-order valence-corrected chi connectivity index (χ4v) is 13.6. The molecule has 12 aromatic rings. The van der Waals surface area contributed by atoms with Crippen molar-refractivity contribution in [2.75, 3.05) is 66.8 Å². The van der Waals surface area contributed by atoms with Gasteiger partial charge in [0.25, 0.3) is 20.4 Å². The Kier molecular flexibility index (Phi) is 22.4. The maximum atomic E-state index is 13.7. The molecule has 4 fully saturated rings. The van der Waals surface area contributed by atoms with E-state index in [0.717, 1.165) is 170 Å². The summed E-state index contributed by atoms with van der Waals surface area (Å²) in [5.41, 5.74) is 19.1. The van der Waals surface area contributed by atoms with Crippen LogP contribution in [0.2, 0.25) is 0 Å². The number of aromatic nitrogens is 10. The van der Waals surface area contributed by atoms with Gasteiger partial charge in [-0.15, -0.1) is 0 Å². The quantitative estimate of drug-likeness (QED) is 0.0561. The second-order valence-electron chi connectivity index (χ2n) is 24.4. The molecule has 8 aromatic heterocycles. The summed E-state index contributed by atoms with van der Waals surface area (Å²) in [5, 5.41) is 23.9. The zero-order valence-corrected chi connectivity index (χ0v) is 56.2. The highest BCUT2D eigenvalue weighted by molar-refractivity contribution is 6.18. The lowest BCUT2D eigenvalue weighted by atomic mass is 9.96. The topological polar surface area (TPSA) is 306 Å². The second-order valence-corrected chi connectivity index (χ2v) is 24.4. The average Bonchev–Trinajstić information content (AvgIpc) is 1.54. The van der Waals surface area contributed by atoms with Crippen molar-refractivity contribution in [3.8, 4) is 62.0 Å². The van der Waals surface area contributed by atoms with Gasteiger partial charge >= 0.3 is 0 Å². The Morgan fingerprint density at radius 3 is 1.53 bits per heavy atom. The van der Waals surface area contributed by atoms with Crippen molar-refractivity contribution in [3.05, 3.63) is 125 Å². The van der Waals surface area contributed by atoms with Gasteiger partial charge in [-0.3, -0.25) is 29.4 Å². The summed E-state index contributed by atoms with van der Waals surface area (Å²) >= 11 is 0. The first kappa shape index (κ1) is 70.6. The number of benzene rings is 4. The molecule has 4 aliphatic heterocycles. The van der Waals surface area contributed by atoms with E-state index in [1.54, 1.807) is 32.7 Å². The zero-order valence-electron chi connectivity index (χ0n) is 57.2. The van der Waals surface area contributed by atoms with E-state index in [-0.39, 0.29) is 34.8 Å². The number of aromatic amines is 2. The van der Waals surface area contributed by atoms with Crippen molar-refractivity contribution >= 4 is 86.1 Å². The van der Waals surface area contributed by atoms with Crippen LogP contribution < -0.4 is 25.3 Å². The summed E-state index contributed by atoms with van der Waals surface area (Å²) < 4.78 is 43.9. The highest BCUT2D eigenvalue weighted by Gasteiger charge is 2.32.